The number of hydrogen-bond acceptors (Lipinski definition) is 4. The van der Waals surface area contributed by atoms with Gasteiger partial charge in [-0.2, -0.15) is 0 Å². The van der Waals surface area contributed by atoms with Crippen molar-refractivity contribution in [2.45, 2.75) is 12.8 Å². The molecule has 2 aliphatic heterocycles. The van der Waals surface area contributed by atoms with E-state index in [9.17, 15) is 9.59 Å². The molecule has 4 rings (SSSR count). The SMILES string of the molecule is O=C1COc2c(cccc2N2CCN(C(=O)C3CC3)CC2)N1. The van der Waals surface area contributed by atoms with Crippen LogP contribution in [0.15, 0.2) is 18.2 Å². The molecule has 2 heterocycles. The van der Waals surface area contributed by atoms with Gasteiger partial charge in [-0.15, -0.1) is 0 Å². The number of piperazine rings is 1. The highest BCUT2D eigenvalue weighted by Gasteiger charge is 2.35. The second-order valence-electron chi connectivity index (χ2n) is 6.08. The van der Waals surface area contributed by atoms with Crippen molar-refractivity contribution in [1.29, 1.82) is 0 Å². The highest BCUT2D eigenvalue weighted by molar-refractivity contribution is 5.97. The van der Waals surface area contributed by atoms with E-state index < -0.39 is 0 Å². The Kier molecular flexibility index (Phi) is 3.17. The molecule has 2 amide bonds. The van der Waals surface area contributed by atoms with E-state index in [4.69, 9.17) is 4.74 Å². The molecule has 0 bridgehead atoms. The van der Waals surface area contributed by atoms with E-state index in [1.54, 1.807) is 0 Å². The number of carbonyl (C=O) groups is 2. The smallest absolute Gasteiger partial charge is 0.262 e. The largest absolute Gasteiger partial charge is 0.479 e. The predicted octanol–water partition coefficient (Wildman–Crippen LogP) is 1.08. The minimum absolute atomic E-state index is 0.0597. The van der Waals surface area contributed by atoms with Crippen molar-refractivity contribution < 1.29 is 14.3 Å². The number of nitrogens with zero attached hydrogens (tertiary/aromatic N) is 2. The summed E-state index contributed by atoms with van der Waals surface area (Å²) in [6.45, 7) is 3.17. The van der Waals surface area contributed by atoms with Gasteiger partial charge in [0.2, 0.25) is 5.91 Å². The standard InChI is InChI=1S/C16H19N3O3/c20-14-10-22-15-12(17-14)2-1-3-13(15)18-6-8-19(9-7-18)16(21)11-4-5-11/h1-3,11H,4-10H2,(H,17,20). The summed E-state index contributed by atoms with van der Waals surface area (Å²) in [5.74, 6) is 1.22. The highest BCUT2D eigenvalue weighted by atomic mass is 16.5. The van der Waals surface area contributed by atoms with Gasteiger partial charge in [0.15, 0.2) is 12.4 Å². The number of nitrogens with one attached hydrogen (secondary N) is 1. The number of anilines is 2. The first-order valence-electron chi connectivity index (χ1n) is 7.82. The average molecular weight is 301 g/mol. The fourth-order valence-electron chi connectivity index (χ4n) is 3.10. The van der Waals surface area contributed by atoms with Gasteiger partial charge in [0, 0.05) is 32.1 Å². The lowest BCUT2D eigenvalue weighted by molar-refractivity contribution is -0.132. The van der Waals surface area contributed by atoms with E-state index in [0.717, 1.165) is 56.1 Å². The Morgan fingerprint density at radius 2 is 1.95 bits per heavy atom. The van der Waals surface area contributed by atoms with Gasteiger partial charge in [0.1, 0.15) is 0 Å². The first-order chi connectivity index (χ1) is 10.7. The van der Waals surface area contributed by atoms with Gasteiger partial charge in [-0.05, 0) is 25.0 Å². The number of fused-ring (bicyclic) bond motifs is 1. The van der Waals surface area contributed by atoms with Gasteiger partial charge in [-0.1, -0.05) is 6.07 Å². The quantitative estimate of drug-likeness (QED) is 0.888. The maximum absolute atomic E-state index is 12.1. The molecule has 1 aromatic carbocycles. The van der Waals surface area contributed by atoms with Crippen LogP contribution >= 0.6 is 0 Å². The summed E-state index contributed by atoms with van der Waals surface area (Å²) in [6.07, 6.45) is 2.11. The Labute approximate surface area is 129 Å². The summed E-state index contributed by atoms with van der Waals surface area (Å²) in [6, 6.07) is 5.78. The fourth-order valence-corrected chi connectivity index (χ4v) is 3.10. The maximum atomic E-state index is 12.1. The summed E-state index contributed by atoms with van der Waals surface area (Å²) in [5, 5.41) is 2.83. The second kappa shape index (κ2) is 5.19. The van der Waals surface area contributed by atoms with E-state index in [-0.39, 0.29) is 18.4 Å². The summed E-state index contributed by atoms with van der Waals surface area (Å²) in [4.78, 5) is 27.7. The monoisotopic (exact) mass is 301 g/mol. The lowest BCUT2D eigenvalue weighted by Crippen LogP contribution is -2.49. The fraction of sp³-hybridized carbons (Fsp3) is 0.500. The third-order valence-electron chi connectivity index (χ3n) is 4.47. The van der Waals surface area contributed by atoms with Crippen LogP contribution < -0.4 is 15.0 Å². The first-order valence-corrected chi connectivity index (χ1v) is 7.82. The van der Waals surface area contributed by atoms with Crippen molar-refractivity contribution in [2.24, 2.45) is 5.92 Å². The Bertz CT molecular complexity index is 619. The zero-order valence-electron chi connectivity index (χ0n) is 12.4. The summed E-state index contributed by atoms with van der Waals surface area (Å²) in [5.41, 5.74) is 1.72. The van der Waals surface area contributed by atoms with E-state index in [1.165, 1.54) is 0 Å². The average Bonchev–Trinajstić information content (AvgIpc) is 3.38. The number of hydrogen-bond donors (Lipinski definition) is 1. The van der Waals surface area contributed by atoms with E-state index in [0.29, 0.717) is 5.91 Å². The molecule has 1 aromatic rings. The third kappa shape index (κ3) is 2.38. The molecule has 1 aliphatic carbocycles. The number of carbonyl (C=O) groups excluding carboxylic acids is 2. The van der Waals surface area contributed by atoms with E-state index in [1.807, 2.05) is 23.1 Å². The highest BCUT2D eigenvalue weighted by Crippen LogP contribution is 2.38. The first kappa shape index (κ1) is 13.4. The molecule has 1 saturated carbocycles. The van der Waals surface area contributed by atoms with E-state index >= 15 is 0 Å². The molecule has 1 saturated heterocycles. The Hall–Kier alpha value is -2.24. The van der Waals surface area contributed by atoms with E-state index in [2.05, 4.69) is 10.2 Å². The number of rotatable bonds is 2. The van der Waals surface area contributed by atoms with Crippen molar-refractivity contribution >= 4 is 23.2 Å². The molecule has 2 fully saturated rings. The Morgan fingerprint density at radius 3 is 2.68 bits per heavy atom. The van der Waals surface area contributed by atoms with Crippen LogP contribution in [-0.4, -0.2) is 49.5 Å². The molecular weight excluding hydrogens is 282 g/mol. The number of benzene rings is 1. The maximum Gasteiger partial charge on any atom is 0.262 e. The van der Waals surface area contributed by atoms with Crippen LogP contribution in [0.25, 0.3) is 0 Å². The molecule has 6 nitrogen and oxygen atoms in total. The minimum atomic E-state index is -0.121. The lowest BCUT2D eigenvalue weighted by atomic mass is 10.2. The second-order valence-corrected chi connectivity index (χ2v) is 6.08. The van der Waals surface area contributed by atoms with Crippen LogP contribution in [0.4, 0.5) is 11.4 Å². The van der Waals surface area contributed by atoms with Gasteiger partial charge < -0.3 is 19.9 Å². The lowest BCUT2D eigenvalue weighted by Gasteiger charge is -2.37. The molecule has 0 aromatic heterocycles. The van der Waals surface area contributed by atoms with Crippen molar-refractivity contribution in [3.8, 4) is 5.75 Å². The van der Waals surface area contributed by atoms with Crippen LogP contribution in [0.1, 0.15) is 12.8 Å². The molecule has 0 atom stereocenters. The number of ether oxygens (including phenoxy) is 1. The molecule has 22 heavy (non-hydrogen) atoms. The normalized spacial score (nSPS) is 21.0. The van der Waals surface area contributed by atoms with Crippen LogP contribution in [0.5, 0.6) is 5.75 Å². The zero-order valence-corrected chi connectivity index (χ0v) is 12.4. The molecule has 0 radical (unpaired) electrons. The zero-order chi connectivity index (χ0) is 15.1. The van der Waals surface area contributed by atoms with Gasteiger partial charge >= 0.3 is 0 Å². The summed E-state index contributed by atoms with van der Waals surface area (Å²) >= 11 is 0. The van der Waals surface area contributed by atoms with Crippen LogP contribution in [0.2, 0.25) is 0 Å². The van der Waals surface area contributed by atoms with Crippen molar-refractivity contribution in [3.05, 3.63) is 18.2 Å². The van der Waals surface area contributed by atoms with Crippen LogP contribution in [-0.2, 0) is 9.59 Å². The third-order valence-corrected chi connectivity index (χ3v) is 4.47. The Morgan fingerprint density at radius 1 is 1.18 bits per heavy atom. The van der Waals surface area contributed by atoms with Gasteiger partial charge in [-0.3, -0.25) is 9.59 Å². The van der Waals surface area contributed by atoms with Crippen LogP contribution in [0, 0.1) is 5.92 Å². The van der Waals surface area contributed by atoms with Gasteiger partial charge in [0.05, 0.1) is 11.4 Å². The summed E-state index contributed by atoms with van der Waals surface area (Å²) in [7, 11) is 0. The molecule has 0 spiro atoms. The Balaban J connectivity index is 1.48. The van der Waals surface area contributed by atoms with Crippen LogP contribution in [0.3, 0.4) is 0 Å². The number of para-hydroxylation sites is 1. The molecule has 0 unspecified atom stereocenters. The van der Waals surface area contributed by atoms with Crippen molar-refractivity contribution in [2.75, 3.05) is 43.0 Å². The number of amides is 2. The minimum Gasteiger partial charge on any atom is -0.479 e. The molecule has 6 heteroatoms. The van der Waals surface area contributed by atoms with Gasteiger partial charge in [0.25, 0.3) is 5.91 Å². The van der Waals surface area contributed by atoms with Gasteiger partial charge in [-0.25, -0.2) is 0 Å². The molecule has 116 valence electrons. The molecule has 3 aliphatic rings. The van der Waals surface area contributed by atoms with Crippen molar-refractivity contribution in [3.63, 3.8) is 0 Å². The molecular formula is C16H19N3O3. The predicted molar refractivity (Wildman–Crippen MR) is 82.1 cm³/mol. The van der Waals surface area contributed by atoms with Crippen molar-refractivity contribution in [1.82, 2.24) is 4.90 Å². The molecule has 1 N–H and O–H groups in total. The topological polar surface area (TPSA) is 61.9 Å². The summed E-state index contributed by atoms with van der Waals surface area (Å²) < 4.78 is 5.61.